The van der Waals surface area contributed by atoms with E-state index in [1.54, 1.807) is 6.07 Å². The number of carbonyl (C=O) groups is 1. The fourth-order valence-corrected chi connectivity index (χ4v) is 2.96. The van der Waals surface area contributed by atoms with Gasteiger partial charge < -0.3 is 5.11 Å². The minimum Gasteiger partial charge on any atom is -0.478 e. The number of aromatic carboxylic acids is 1. The summed E-state index contributed by atoms with van der Waals surface area (Å²) in [6.45, 7) is 4.43. The van der Waals surface area contributed by atoms with Gasteiger partial charge in [-0.15, -0.1) is 0 Å². The monoisotopic (exact) mass is 290 g/mol. The van der Waals surface area contributed by atoms with Crippen molar-refractivity contribution in [1.82, 2.24) is 0 Å². The number of hydrogen-bond donors (Lipinski definition) is 1. The summed E-state index contributed by atoms with van der Waals surface area (Å²) in [4.78, 5) is 11.4. The van der Waals surface area contributed by atoms with Gasteiger partial charge in [-0.1, -0.05) is 77.0 Å². The number of carboxylic acid groups (broad SMARTS) is 1. The van der Waals surface area contributed by atoms with E-state index in [1.165, 1.54) is 44.9 Å². The maximum Gasteiger partial charge on any atom is 0.335 e. The van der Waals surface area contributed by atoms with Gasteiger partial charge in [0.1, 0.15) is 0 Å². The second-order valence-electron chi connectivity index (χ2n) is 5.93. The number of hydrogen-bond acceptors (Lipinski definition) is 1. The Kier molecular flexibility index (Phi) is 8.80. The first-order chi connectivity index (χ1) is 10.2. The number of rotatable bonds is 11. The molecule has 0 aliphatic heterocycles. The first kappa shape index (κ1) is 17.7. The molecule has 118 valence electrons. The Labute approximate surface area is 129 Å². The van der Waals surface area contributed by atoms with Crippen LogP contribution in [0.3, 0.4) is 0 Å². The Bertz CT molecular complexity index is 412. The molecule has 2 heteroatoms. The van der Waals surface area contributed by atoms with Crippen LogP contribution in [0.2, 0.25) is 0 Å². The molecular weight excluding hydrogens is 260 g/mol. The summed E-state index contributed by atoms with van der Waals surface area (Å²) >= 11 is 0. The van der Waals surface area contributed by atoms with Gasteiger partial charge in [-0.25, -0.2) is 4.79 Å². The average molecular weight is 290 g/mol. The van der Waals surface area contributed by atoms with Gasteiger partial charge in [-0.3, -0.25) is 0 Å². The normalized spacial score (nSPS) is 12.3. The summed E-state index contributed by atoms with van der Waals surface area (Å²) in [5.74, 6) is -0.389. The Morgan fingerprint density at radius 1 is 0.952 bits per heavy atom. The van der Waals surface area contributed by atoms with Gasteiger partial charge in [0.25, 0.3) is 0 Å². The number of unbranched alkanes of at least 4 members (excludes halogenated alkanes) is 5. The molecule has 0 saturated carbocycles. The molecule has 0 radical (unpaired) electrons. The van der Waals surface area contributed by atoms with Gasteiger partial charge >= 0.3 is 5.97 Å². The molecule has 0 amide bonds. The van der Waals surface area contributed by atoms with Crippen molar-refractivity contribution in [2.24, 2.45) is 0 Å². The Hall–Kier alpha value is -1.31. The van der Waals surface area contributed by atoms with E-state index >= 15 is 0 Å². The van der Waals surface area contributed by atoms with E-state index in [-0.39, 0.29) is 0 Å². The third-order valence-electron chi connectivity index (χ3n) is 4.19. The van der Waals surface area contributed by atoms with Crippen LogP contribution in [0.1, 0.15) is 93.5 Å². The van der Waals surface area contributed by atoms with Crippen LogP contribution in [0.15, 0.2) is 24.3 Å². The summed E-state index contributed by atoms with van der Waals surface area (Å²) in [5, 5.41) is 9.40. The van der Waals surface area contributed by atoms with Crippen molar-refractivity contribution in [2.75, 3.05) is 0 Å². The molecule has 1 unspecified atom stereocenters. The predicted octanol–water partition coefficient (Wildman–Crippen LogP) is 6.02. The SMILES string of the molecule is CCCCCCC(CCCCC)c1ccccc1C(=O)O. The van der Waals surface area contributed by atoms with E-state index in [1.807, 2.05) is 18.2 Å². The molecule has 2 nitrogen and oxygen atoms in total. The lowest BCUT2D eigenvalue weighted by molar-refractivity contribution is 0.0695. The van der Waals surface area contributed by atoms with E-state index < -0.39 is 5.97 Å². The molecule has 1 aromatic rings. The van der Waals surface area contributed by atoms with Crippen LogP contribution >= 0.6 is 0 Å². The van der Waals surface area contributed by atoms with Gasteiger partial charge in [0, 0.05) is 0 Å². The van der Waals surface area contributed by atoms with E-state index in [0.29, 0.717) is 11.5 Å². The maximum absolute atomic E-state index is 11.4. The molecule has 1 N–H and O–H groups in total. The highest BCUT2D eigenvalue weighted by Gasteiger charge is 2.18. The average Bonchev–Trinajstić information content (AvgIpc) is 2.50. The molecule has 1 rings (SSSR count). The summed E-state index contributed by atoms with van der Waals surface area (Å²) in [6.07, 6.45) is 10.9. The van der Waals surface area contributed by atoms with Gasteiger partial charge in [0.2, 0.25) is 0 Å². The van der Waals surface area contributed by atoms with E-state index in [0.717, 1.165) is 18.4 Å². The molecule has 0 saturated heterocycles. The van der Waals surface area contributed by atoms with Crippen molar-refractivity contribution in [2.45, 2.75) is 77.6 Å². The van der Waals surface area contributed by atoms with E-state index in [4.69, 9.17) is 0 Å². The summed E-state index contributed by atoms with van der Waals surface area (Å²) in [6, 6.07) is 7.56. The van der Waals surface area contributed by atoms with Gasteiger partial charge in [-0.2, -0.15) is 0 Å². The molecule has 21 heavy (non-hydrogen) atoms. The zero-order valence-corrected chi connectivity index (χ0v) is 13.6. The lowest BCUT2D eigenvalue weighted by atomic mass is 9.85. The molecule has 0 aromatic heterocycles. The van der Waals surface area contributed by atoms with Gasteiger partial charge in [0.15, 0.2) is 0 Å². The zero-order chi connectivity index (χ0) is 15.5. The van der Waals surface area contributed by atoms with Crippen molar-refractivity contribution in [1.29, 1.82) is 0 Å². The van der Waals surface area contributed by atoms with Crippen molar-refractivity contribution in [3.63, 3.8) is 0 Å². The van der Waals surface area contributed by atoms with Crippen LogP contribution in [0.4, 0.5) is 0 Å². The minimum atomic E-state index is -0.792. The third kappa shape index (κ3) is 6.33. The Morgan fingerprint density at radius 3 is 2.14 bits per heavy atom. The highest BCUT2D eigenvalue weighted by Crippen LogP contribution is 2.30. The molecule has 1 atom stereocenters. The van der Waals surface area contributed by atoms with Crippen LogP contribution in [0, 0.1) is 0 Å². The Balaban J connectivity index is 2.76. The fourth-order valence-electron chi connectivity index (χ4n) is 2.96. The summed E-state index contributed by atoms with van der Waals surface area (Å²) in [5.41, 5.74) is 1.53. The number of carboxylic acids is 1. The van der Waals surface area contributed by atoms with Crippen molar-refractivity contribution >= 4 is 5.97 Å². The molecule has 0 spiro atoms. The fraction of sp³-hybridized carbons (Fsp3) is 0.632. The van der Waals surface area contributed by atoms with Crippen LogP contribution in [0.5, 0.6) is 0 Å². The highest BCUT2D eigenvalue weighted by molar-refractivity contribution is 5.89. The second-order valence-corrected chi connectivity index (χ2v) is 5.93. The van der Waals surface area contributed by atoms with Gasteiger partial charge in [0.05, 0.1) is 5.56 Å². The van der Waals surface area contributed by atoms with Crippen molar-refractivity contribution < 1.29 is 9.90 Å². The first-order valence-electron chi connectivity index (χ1n) is 8.52. The van der Waals surface area contributed by atoms with Crippen LogP contribution in [-0.4, -0.2) is 11.1 Å². The Morgan fingerprint density at radius 2 is 1.52 bits per heavy atom. The smallest absolute Gasteiger partial charge is 0.335 e. The second kappa shape index (κ2) is 10.4. The van der Waals surface area contributed by atoms with Crippen LogP contribution in [-0.2, 0) is 0 Å². The molecule has 0 bridgehead atoms. The van der Waals surface area contributed by atoms with E-state index in [2.05, 4.69) is 13.8 Å². The number of benzene rings is 1. The topological polar surface area (TPSA) is 37.3 Å². The maximum atomic E-state index is 11.4. The molecule has 0 aliphatic carbocycles. The lowest BCUT2D eigenvalue weighted by Gasteiger charge is -2.19. The molecule has 1 aromatic carbocycles. The van der Waals surface area contributed by atoms with Gasteiger partial charge in [-0.05, 0) is 30.4 Å². The summed E-state index contributed by atoms with van der Waals surface area (Å²) in [7, 11) is 0. The van der Waals surface area contributed by atoms with Crippen LogP contribution in [0.25, 0.3) is 0 Å². The predicted molar refractivity (Wildman–Crippen MR) is 89.0 cm³/mol. The van der Waals surface area contributed by atoms with E-state index in [9.17, 15) is 9.90 Å². The van der Waals surface area contributed by atoms with Crippen LogP contribution < -0.4 is 0 Å². The van der Waals surface area contributed by atoms with Crippen molar-refractivity contribution in [3.05, 3.63) is 35.4 Å². The quantitative estimate of drug-likeness (QED) is 0.506. The highest BCUT2D eigenvalue weighted by atomic mass is 16.4. The lowest BCUT2D eigenvalue weighted by Crippen LogP contribution is -2.08. The summed E-state index contributed by atoms with van der Waals surface area (Å²) < 4.78 is 0. The molecule has 0 fully saturated rings. The zero-order valence-electron chi connectivity index (χ0n) is 13.6. The third-order valence-corrected chi connectivity index (χ3v) is 4.19. The largest absolute Gasteiger partial charge is 0.478 e. The minimum absolute atomic E-state index is 0.403. The molecular formula is C19H30O2. The molecule has 0 aliphatic rings. The van der Waals surface area contributed by atoms with Crippen molar-refractivity contribution in [3.8, 4) is 0 Å². The molecule has 0 heterocycles. The standard InChI is InChI=1S/C19H30O2/c1-3-5-7-9-13-16(12-8-6-4-2)17-14-10-11-15-18(17)19(20)21/h10-11,14-16H,3-9,12-13H2,1-2H3,(H,20,21). The first-order valence-corrected chi connectivity index (χ1v) is 8.52.